The lowest BCUT2D eigenvalue weighted by atomic mass is 9.94. The van der Waals surface area contributed by atoms with Crippen molar-refractivity contribution < 1.29 is 41.0 Å². The monoisotopic (exact) mass is 635 g/mol. The third-order valence-corrected chi connectivity index (χ3v) is 7.59. The third-order valence-electron chi connectivity index (χ3n) is 6.79. The molecule has 7 atom stereocenters. The normalized spacial score (nSPS) is 16.2. The largest absolute Gasteiger partial charge is 0.460 e. The van der Waals surface area contributed by atoms with E-state index in [0.29, 0.717) is 12.8 Å². The maximum Gasteiger partial charge on any atom is 0.304 e. The number of azide groups is 1. The minimum Gasteiger partial charge on any atom is -0.460 e. The quantitative estimate of drug-likeness (QED) is 0.0535. The summed E-state index contributed by atoms with van der Waals surface area (Å²) in [5.74, 6) is -5.85. The number of nitrogens with zero attached hydrogens (tertiary/aromatic N) is 3. The third kappa shape index (κ3) is 15.5. The second-order valence-electron chi connectivity index (χ2n) is 11.0. The Kier molecular flexibility index (Phi) is 17.4. The fourth-order valence-electron chi connectivity index (χ4n) is 4.20. The summed E-state index contributed by atoms with van der Waals surface area (Å²) in [6.45, 7) is 12.3. The maximum absolute atomic E-state index is 13.6. The van der Waals surface area contributed by atoms with Crippen molar-refractivity contribution in [1.82, 2.24) is 21.3 Å². The number of amides is 4. The predicted octanol–water partition coefficient (Wildman–Crippen LogP) is 1.63. The number of rotatable bonds is 19. The van der Waals surface area contributed by atoms with Crippen LogP contribution in [0.3, 0.4) is 0 Å². The van der Waals surface area contributed by atoms with E-state index in [1.54, 1.807) is 41.5 Å². The molecule has 0 aliphatic carbocycles. The minimum atomic E-state index is -4.96. The zero-order chi connectivity index (χ0) is 33.5. The highest BCUT2D eigenvalue weighted by atomic mass is 32.3. The molecule has 0 radical (unpaired) electrons. The van der Waals surface area contributed by atoms with Crippen LogP contribution < -0.4 is 21.3 Å². The first-order valence-electron chi connectivity index (χ1n) is 14.2. The number of carbonyl (C=O) groups excluding carboxylic acids is 5. The first-order chi connectivity index (χ1) is 19.9. The van der Waals surface area contributed by atoms with Gasteiger partial charge >= 0.3 is 16.2 Å². The average molecular weight is 636 g/mol. The Morgan fingerprint density at radius 2 is 1.30 bits per heavy atom. The molecule has 246 valence electrons. The molecule has 0 aromatic heterocycles. The van der Waals surface area contributed by atoms with Crippen LogP contribution in [0.4, 0.5) is 3.89 Å². The highest BCUT2D eigenvalue weighted by Gasteiger charge is 2.37. The molecule has 43 heavy (non-hydrogen) atoms. The van der Waals surface area contributed by atoms with E-state index in [-0.39, 0.29) is 18.3 Å². The summed E-state index contributed by atoms with van der Waals surface area (Å²) in [6.07, 6.45) is -0.236. The van der Waals surface area contributed by atoms with Crippen LogP contribution in [0, 0.1) is 17.8 Å². The molecule has 0 spiro atoms. The van der Waals surface area contributed by atoms with Crippen molar-refractivity contribution in [2.45, 2.75) is 105 Å². The molecule has 0 rings (SSSR count). The van der Waals surface area contributed by atoms with E-state index in [4.69, 9.17) is 10.3 Å². The van der Waals surface area contributed by atoms with E-state index in [1.807, 2.05) is 0 Å². The Labute approximate surface area is 252 Å². The standard InChI is InChI=1S/C26H46FN7O8S/c1-9-15(5)21(31-20(36)12-29-34-28)24(37)32-22(16(6)10-2)25(38)33-23(17(7)42-18(8)35)26(39)30-19(11-14(3)4)13-43(27,40)41/h14-17,19,21-23H,9-13H2,1-8H3,(H,30,39)(H,31,36)(H,32,37)(H,33,38)/t15-,16-,17+,19-,21-,22-,23-/m0/s1. The zero-order valence-electron chi connectivity index (χ0n) is 26.0. The van der Waals surface area contributed by atoms with Crippen molar-refractivity contribution in [3.8, 4) is 0 Å². The lowest BCUT2D eigenvalue weighted by molar-refractivity contribution is -0.150. The van der Waals surface area contributed by atoms with Gasteiger partial charge in [0.15, 0.2) is 0 Å². The molecule has 0 aliphatic heterocycles. The molecule has 4 amide bonds. The number of halogens is 1. The maximum atomic E-state index is 13.6. The van der Waals surface area contributed by atoms with Crippen molar-refractivity contribution in [2.75, 3.05) is 12.3 Å². The van der Waals surface area contributed by atoms with E-state index >= 15 is 0 Å². The highest BCUT2D eigenvalue weighted by Crippen LogP contribution is 2.14. The molecule has 4 N–H and O–H groups in total. The molecule has 0 aromatic carbocycles. The van der Waals surface area contributed by atoms with Gasteiger partial charge in [0.2, 0.25) is 23.6 Å². The fraction of sp³-hybridized carbons (Fsp3) is 0.808. The smallest absolute Gasteiger partial charge is 0.304 e. The second kappa shape index (κ2) is 18.9. The Bertz CT molecular complexity index is 1130. The van der Waals surface area contributed by atoms with Gasteiger partial charge in [-0.25, -0.2) is 0 Å². The summed E-state index contributed by atoms with van der Waals surface area (Å²) < 4.78 is 41.3. The molecule has 0 aliphatic rings. The van der Waals surface area contributed by atoms with Crippen LogP contribution in [-0.4, -0.2) is 80.6 Å². The lowest BCUT2D eigenvalue weighted by Crippen LogP contribution is -2.62. The number of nitrogens with one attached hydrogen (secondary N) is 4. The molecule has 0 fully saturated rings. The highest BCUT2D eigenvalue weighted by molar-refractivity contribution is 7.86. The number of esters is 1. The molecule has 0 unspecified atom stereocenters. The second-order valence-corrected chi connectivity index (χ2v) is 12.4. The zero-order valence-corrected chi connectivity index (χ0v) is 26.9. The van der Waals surface area contributed by atoms with Gasteiger partial charge in [0.25, 0.3) is 0 Å². The first kappa shape index (κ1) is 39.5. The van der Waals surface area contributed by atoms with Crippen LogP contribution in [0.2, 0.25) is 0 Å². The Morgan fingerprint density at radius 3 is 1.72 bits per heavy atom. The summed E-state index contributed by atoms with van der Waals surface area (Å²) in [7, 11) is -4.96. The van der Waals surface area contributed by atoms with E-state index in [0.717, 1.165) is 6.92 Å². The number of carbonyl (C=O) groups is 5. The Hall–Kier alpha value is -3.46. The first-order valence-corrected chi connectivity index (χ1v) is 15.7. The lowest BCUT2D eigenvalue weighted by Gasteiger charge is -2.31. The fourth-order valence-corrected chi connectivity index (χ4v) is 4.90. The summed E-state index contributed by atoms with van der Waals surface area (Å²) in [6, 6.07) is -4.97. The van der Waals surface area contributed by atoms with Crippen molar-refractivity contribution >= 4 is 39.8 Å². The van der Waals surface area contributed by atoms with E-state index in [2.05, 4.69) is 31.3 Å². The Morgan fingerprint density at radius 1 is 0.837 bits per heavy atom. The molecule has 0 heterocycles. The molecular formula is C26H46FN7O8S. The van der Waals surface area contributed by atoms with E-state index < -0.39 is 88.3 Å². The van der Waals surface area contributed by atoms with Crippen LogP contribution in [0.5, 0.6) is 0 Å². The molecular weight excluding hydrogens is 589 g/mol. The molecule has 0 bridgehead atoms. The van der Waals surface area contributed by atoms with Crippen LogP contribution in [0.25, 0.3) is 10.4 Å². The topological polar surface area (TPSA) is 226 Å². The van der Waals surface area contributed by atoms with Crippen molar-refractivity contribution in [3.05, 3.63) is 10.4 Å². The summed E-state index contributed by atoms with van der Waals surface area (Å²) in [4.78, 5) is 66.6. The van der Waals surface area contributed by atoms with Gasteiger partial charge in [-0.15, -0.1) is 3.89 Å². The van der Waals surface area contributed by atoms with Crippen molar-refractivity contribution in [3.63, 3.8) is 0 Å². The molecule has 15 nitrogen and oxygen atoms in total. The summed E-state index contributed by atoms with van der Waals surface area (Å²) in [5, 5.41) is 13.2. The van der Waals surface area contributed by atoms with Crippen LogP contribution in [-0.2, 0) is 38.9 Å². The van der Waals surface area contributed by atoms with Gasteiger partial charge in [-0.05, 0) is 36.6 Å². The van der Waals surface area contributed by atoms with Crippen LogP contribution in [0.1, 0.15) is 74.7 Å². The average Bonchev–Trinajstić information content (AvgIpc) is 2.88. The van der Waals surface area contributed by atoms with Crippen molar-refractivity contribution in [2.24, 2.45) is 22.9 Å². The number of hydrogen-bond acceptors (Lipinski definition) is 9. The van der Waals surface area contributed by atoms with Gasteiger partial charge < -0.3 is 26.0 Å². The van der Waals surface area contributed by atoms with Gasteiger partial charge in [0, 0.05) is 17.9 Å². The minimum absolute atomic E-state index is 0.103. The van der Waals surface area contributed by atoms with Crippen LogP contribution >= 0.6 is 0 Å². The van der Waals surface area contributed by atoms with Gasteiger partial charge in [-0.2, -0.15) is 8.42 Å². The SMILES string of the molecule is CC[C@H](C)[C@H](NC(=O)CN=[N+]=[N-])C(=O)N[C@H](C(=O)N[C@H](C(=O)N[C@@H](CC(C)C)CS(=O)(=O)F)[C@@H](C)OC(C)=O)[C@@H](C)CC. The van der Waals surface area contributed by atoms with E-state index in [9.17, 15) is 36.3 Å². The van der Waals surface area contributed by atoms with E-state index in [1.165, 1.54) is 6.92 Å². The molecule has 0 saturated heterocycles. The number of ether oxygens (including phenoxy) is 1. The van der Waals surface area contributed by atoms with Gasteiger partial charge in [-0.1, -0.05) is 59.5 Å². The number of hydrogen-bond donors (Lipinski definition) is 4. The van der Waals surface area contributed by atoms with Crippen LogP contribution in [0.15, 0.2) is 5.11 Å². The predicted molar refractivity (Wildman–Crippen MR) is 156 cm³/mol. The summed E-state index contributed by atoms with van der Waals surface area (Å²) in [5.41, 5.74) is 8.47. The Balaban J connectivity index is 6.22. The van der Waals surface area contributed by atoms with Gasteiger partial charge in [-0.3, -0.25) is 24.0 Å². The summed E-state index contributed by atoms with van der Waals surface area (Å²) >= 11 is 0. The van der Waals surface area contributed by atoms with Gasteiger partial charge in [0.1, 0.15) is 36.5 Å². The molecule has 0 aromatic rings. The molecule has 0 saturated carbocycles. The van der Waals surface area contributed by atoms with Gasteiger partial charge in [0.05, 0.1) is 0 Å². The van der Waals surface area contributed by atoms with Crippen molar-refractivity contribution in [1.29, 1.82) is 0 Å². The molecule has 17 heteroatoms.